The second-order valence-corrected chi connectivity index (χ2v) is 4.40. The second kappa shape index (κ2) is 5.10. The van der Waals surface area contributed by atoms with E-state index in [1.807, 2.05) is 12.1 Å². The first-order chi connectivity index (χ1) is 8.63. The predicted octanol–water partition coefficient (Wildman–Crippen LogP) is 1.53. The van der Waals surface area contributed by atoms with E-state index in [1.54, 1.807) is 11.9 Å². The van der Waals surface area contributed by atoms with Crippen molar-refractivity contribution in [3.8, 4) is 0 Å². The summed E-state index contributed by atoms with van der Waals surface area (Å²) in [5, 5.41) is 1.22. The zero-order valence-electron chi connectivity index (χ0n) is 10.7. The van der Waals surface area contributed by atoms with Crippen molar-refractivity contribution in [3.63, 3.8) is 0 Å². The van der Waals surface area contributed by atoms with Crippen molar-refractivity contribution in [3.05, 3.63) is 35.5 Å². The van der Waals surface area contributed by atoms with Gasteiger partial charge in [0.2, 0.25) is 0 Å². The Kier molecular flexibility index (Phi) is 3.53. The number of likely N-dealkylation sites (N-methyl/N-ethyl adjacent to an activating group) is 1. The highest BCUT2D eigenvalue weighted by Gasteiger charge is 2.11. The van der Waals surface area contributed by atoms with Gasteiger partial charge in [-0.15, -0.1) is 0 Å². The normalized spacial score (nSPS) is 10.6. The van der Waals surface area contributed by atoms with Gasteiger partial charge in [0.1, 0.15) is 0 Å². The number of aryl methyl sites for hydroxylation is 1. The molecule has 4 N–H and O–H groups in total. The van der Waals surface area contributed by atoms with Crippen LogP contribution in [-0.4, -0.2) is 29.5 Å². The standard InChI is InChI=1S/C13H18N4O/c1-9-10(7-8-17(2)13(18)16-14)11-5-3-4-6-12(11)15-9/h3-6,15H,7-8,14H2,1-2H3,(H,16,18). The quantitative estimate of drug-likeness (QED) is 0.436. The lowest BCUT2D eigenvalue weighted by molar-refractivity contribution is 0.209. The number of urea groups is 1. The van der Waals surface area contributed by atoms with Gasteiger partial charge in [0.15, 0.2) is 0 Å². The summed E-state index contributed by atoms with van der Waals surface area (Å²) in [4.78, 5) is 16.2. The Labute approximate surface area is 106 Å². The highest BCUT2D eigenvalue weighted by molar-refractivity contribution is 5.84. The van der Waals surface area contributed by atoms with Crippen LogP contribution in [0.5, 0.6) is 0 Å². The first-order valence-corrected chi connectivity index (χ1v) is 5.91. The third-order valence-corrected chi connectivity index (χ3v) is 3.19. The number of carbonyl (C=O) groups is 1. The van der Waals surface area contributed by atoms with Crippen LogP contribution in [-0.2, 0) is 6.42 Å². The Balaban J connectivity index is 2.17. The largest absolute Gasteiger partial charge is 0.358 e. The molecule has 5 heteroatoms. The summed E-state index contributed by atoms with van der Waals surface area (Å²) in [5.41, 5.74) is 5.66. The van der Waals surface area contributed by atoms with Crippen LogP contribution in [0, 0.1) is 6.92 Å². The number of aromatic nitrogens is 1. The molecule has 2 amide bonds. The number of nitrogens with zero attached hydrogens (tertiary/aromatic N) is 1. The topological polar surface area (TPSA) is 74.2 Å². The molecular weight excluding hydrogens is 228 g/mol. The third kappa shape index (κ3) is 2.31. The van der Waals surface area contributed by atoms with Gasteiger partial charge in [-0.2, -0.15) is 0 Å². The van der Waals surface area contributed by atoms with E-state index in [2.05, 4.69) is 29.5 Å². The minimum absolute atomic E-state index is 0.271. The molecule has 0 aliphatic carbocycles. The molecule has 0 aliphatic rings. The number of carbonyl (C=O) groups excluding carboxylic acids is 1. The molecule has 0 bridgehead atoms. The Morgan fingerprint density at radius 3 is 2.89 bits per heavy atom. The maximum atomic E-state index is 11.3. The van der Waals surface area contributed by atoms with Crippen LogP contribution < -0.4 is 11.3 Å². The van der Waals surface area contributed by atoms with Crippen LogP contribution >= 0.6 is 0 Å². The van der Waals surface area contributed by atoms with Gasteiger partial charge in [-0.3, -0.25) is 5.43 Å². The lowest BCUT2D eigenvalue weighted by Crippen LogP contribution is -2.42. The van der Waals surface area contributed by atoms with Crippen molar-refractivity contribution in [1.29, 1.82) is 0 Å². The van der Waals surface area contributed by atoms with E-state index in [1.165, 1.54) is 10.9 Å². The van der Waals surface area contributed by atoms with Crippen LogP contribution in [0.15, 0.2) is 24.3 Å². The molecule has 0 spiro atoms. The van der Waals surface area contributed by atoms with Gasteiger partial charge in [0, 0.05) is 30.2 Å². The van der Waals surface area contributed by atoms with E-state index in [-0.39, 0.29) is 6.03 Å². The zero-order chi connectivity index (χ0) is 13.1. The smallest absolute Gasteiger partial charge is 0.331 e. The highest BCUT2D eigenvalue weighted by Crippen LogP contribution is 2.22. The number of hydrogen-bond acceptors (Lipinski definition) is 2. The maximum absolute atomic E-state index is 11.3. The van der Waals surface area contributed by atoms with E-state index in [0.29, 0.717) is 6.54 Å². The van der Waals surface area contributed by atoms with E-state index in [0.717, 1.165) is 17.6 Å². The van der Waals surface area contributed by atoms with E-state index < -0.39 is 0 Å². The molecule has 5 nitrogen and oxygen atoms in total. The fourth-order valence-electron chi connectivity index (χ4n) is 2.15. The molecule has 0 fully saturated rings. The summed E-state index contributed by atoms with van der Waals surface area (Å²) < 4.78 is 0. The second-order valence-electron chi connectivity index (χ2n) is 4.40. The number of aromatic amines is 1. The molecule has 0 aliphatic heterocycles. The van der Waals surface area contributed by atoms with Crippen LogP contribution in [0.4, 0.5) is 4.79 Å². The van der Waals surface area contributed by atoms with Gasteiger partial charge in [-0.1, -0.05) is 18.2 Å². The fraction of sp³-hybridized carbons (Fsp3) is 0.308. The van der Waals surface area contributed by atoms with Crippen LogP contribution in [0.25, 0.3) is 10.9 Å². The van der Waals surface area contributed by atoms with Gasteiger partial charge < -0.3 is 9.88 Å². The van der Waals surface area contributed by atoms with Crippen molar-refractivity contribution in [2.75, 3.05) is 13.6 Å². The van der Waals surface area contributed by atoms with Crippen LogP contribution in [0.3, 0.4) is 0 Å². The maximum Gasteiger partial charge on any atom is 0.331 e. The molecule has 0 atom stereocenters. The monoisotopic (exact) mass is 246 g/mol. The fourth-order valence-corrected chi connectivity index (χ4v) is 2.15. The van der Waals surface area contributed by atoms with Gasteiger partial charge in [0.25, 0.3) is 0 Å². The number of fused-ring (bicyclic) bond motifs is 1. The molecule has 1 heterocycles. The predicted molar refractivity (Wildman–Crippen MR) is 72.1 cm³/mol. The average Bonchev–Trinajstić information content (AvgIpc) is 2.70. The number of rotatable bonds is 3. The summed E-state index contributed by atoms with van der Waals surface area (Å²) in [5.74, 6) is 5.09. The molecule has 0 saturated heterocycles. The Hall–Kier alpha value is -2.01. The highest BCUT2D eigenvalue weighted by atomic mass is 16.2. The average molecular weight is 246 g/mol. The number of hydrazine groups is 1. The molecule has 0 radical (unpaired) electrons. The molecular formula is C13H18N4O. The molecule has 96 valence electrons. The SMILES string of the molecule is Cc1[nH]c2ccccc2c1CCN(C)C(=O)NN. The van der Waals surface area contributed by atoms with Crippen molar-refractivity contribution >= 4 is 16.9 Å². The number of hydrogen-bond donors (Lipinski definition) is 3. The summed E-state index contributed by atoms with van der Waals surface area (Å²) >= 11 is 0. The van der Waals surface area contributed by atoms with E-state index in [4.69, 9.17) is 5.84 Å². The first kappa shape index (κ1) is 12.4. The molecule has 18 heavy (non-hydrogen) atoms. The van der Waals surface area contributed by atoms with Gasteiger partial charge in [-0.25, -0.2) is 10.6 Å². The summed E-state index contributed by atoms with van der Waals surface area (Å²) in [6.07, 6.45) is 0.805. The molecule has 0 unspecified atom stereocenters. The zero-order valence-corrected chi connectivity index (χ0v) is 10.7. The van der Waals surface area contributed by atoms with Crippen LogP contribution in [0.1, 0.15) is 11.3 Å². The number of amides is 2. The number of benzene rings is 1. The summed E-state index contributed by atoms with van der Waals surface area (Å²) in [6, 6.07) is 7.91. The van der Waals surface area contributed by atoms with Crippen molar-refractivity contribution in [1.82, 2.24) is 15.3 Å². The Morgan fingerprint density at radius 1 is 1.44 bits per heavy atom. The van der Waals surface area contributed by atoms with Gasteiger partial charge >= 0.3 is 6.03 Å². The molecule has 2 aromatic rings. The lowest BCUT2D eigenvalue weighted by atomic mass is 10.1. The Bertz CT molecular complexity index is 561. The number of para-hydroxylation sites is 1. The minimum atomic E-state index is -0.271. The molecule has 1 aromatic heterocycles. The third-order valence-electron chi connectivity index (χ3n) is 3.19. The molecule has 0 saturated carbocycles. The first-order valence-electron chi connectivity index (χ1n) is 5.91. The van der Waals surface area contributed by atoms with Gasteiger partial charge in [0.05, 0.1) is 0 Å². The minimum Gasteiger partial charge on any atom is -0.358 e. The number of nitrogens with two attached hydrogens (primary N) is 1. The van der Waals surface area contributed by atoms with Crippen molar-refractivity contribution in [2.45, 2.75) is 13.3 Å². The van der Waals surface area contributed by atoms with E-state index in [9.17, 15) is 4.79 Å². The molecule has 2 rings (SSSR count). The van der Waals surface area contributed by atoms with Crippen LogP contribution in [0.2, 0.25) is 0 Å². The van der Waals surface area contributed by atoms with Gasteiger partial charge in [-0.05, 0) is 25.0 Å². The number of nitrogens with one attached hydrogen (secondary N) is 2. The Morgan fingerprint density at radius 2 is 2.17 bits per heavy atom. The van der Waals surface area contributed by atoms with E-state index >= 15 is 0 Å². The molecule has 1 aromatic carbocycles. The number of H-pyrrole nitrogens is 1. The van der Waals surface area contributed by atoms with Crippen molar-refractivity contribution in [2.24, 2.45) is 5.84 Å². The lowest BCUT2D eigenvalue weighted by Gasteiger charge is -2.16. The van der Waals surface area contributed by atoms with Crippen molar-refractivity contribution < 1.29 is 4.79 Å². The summed E-state index contributed by atoms with van der Waals surface area (Å²) in [6.45, 7) is 2.68. The summed E-state index contributed by atoms with van der Waals surface area (Å²) in [7, 11) is 1.73.